The van der Waals surface area contributed by atoms with Gasteiger partial charge in [-0.1, -0.05) is 31.9 Å². The fourth-order valence-corrected chi connectivity index (χ4v) is 3.35. The first-order chi connectivity index (χ1) is 10.8. The zero-order valence-corrected chi connectivity index (χ0v) is 14.5. The third kappa shape index (κ3) is 5.57. The van der Waals surface area contributed by atoms with Crippen molar-refractivity contribution < 1.29 is 4.57 Å². The highest BCUT2D eigenvalue weighted by atomic mass is 15.1. The van der Waals surface area contributed by atoms with Crippen LogP contribution in [0.1, 0.15) is 69.9 Å². The number of hydrogen-bond donors (Lipinski definition) is 0. The number of aryl methyl sites for hydroxylation is 1. The Hall–Kier alpha value is -1.15. The molecule has 2 rings (SSSR count). The first-order valence-electron chi connectivity index (χ1n) is 9.15. The Morgan fingerprint density at radius 3 is 2.77 bits per heavy atom. The first-order valence-corrected chi connectivity index (χ1v) is 9.15. The highest BCUT2D eigenvalue weighted by molar-refractivity contribution is 5.12. The van der Waals surface area contributed by atoms with Gasteiger partial charge in [0.2, 0.25) is 0 Å². The molecule has 2 nitrogen and oxygen atoms in total. The average Bonchev–Trinajstić information content (AvgIpc) is 2.96. The van der Waals surface area contributed by atoms with Crippen LogP contribution in [0.2, 0.25) is 0 Å². The van der Waals surface area contributed by atoms with Crippen LogP contribution in [0.5, 0.6) is 0 Å². The zero-order chi connectivity index (χ0) is 15.6. The normalized spacial score (nSPS) is 19.3. The van der Waals surface area contributed by atoms with Gasteiger partial charge in [-0.15, -0.1) is 0 Å². The predicted octanol–water partition coefficient (Wildman–Crippen LogP) is 4.66. The number of nitrogens with zero attached hydrogens (tertiary/aromatic N) is 2. The van der Waals surface area contributed by atoms with Crippen LogP contribution >= 0.6 is 0 Å². The lowest BCUT2D eigenvalue weighted by Gasteiger charge is -2.18. The van der Waals surface area contributed by atoms with Gasteiger partial charge < -0.3 is 0 Å². The fourth-order valence-electron chi connectivity index (χ4n) is 3.35. The minimum absolute atomic E-state index is 0.630. The lowest BCUT2D eigenvalue weighted by atomic mass is 10.1. The number of likely N-dealkylation sites (tertiary alicyclic amines) is 1. The summed E-state index contributed by atoms with van der Waals surface area (Å²) in [6, 6.07) is 5.13. The van der Waals surface area contributed by atoms with Crippen molar-refractivity contribution in [3.8, 4) is 0 Å². The minimum Gasteiger partial charge on any atom is -0.299 e. The van der Waals surface area contributed by atoms with E-state index in [1.807, 2.05) is 0 Å². The van der Waals surface area contributed by atoms with Gasteiger partial charge in [-0.2, -0.15) is 0 Å². The second kappa shape index (κ2) is 9.78. The monoisotopic (exact) mass is 301 g/mol. The van der Waals surface area contributed by atoms with E-state index >= 15 is 0 Å². The molecular weight excluding hydrogens is 268 g/mol. The van der Waals surface area contributed by atoms with E-state index in [4.69, 9.17) is 0 Å². The van der Waals surface area contributed by atoms with Crippen LogP contribution < -0.4 is 4.57 Å². The molecule has 2 heteroatoms. The molecule has 0 amide bonds. The van der Waals surface area contributed by atoms with Gasteiger partial charge >= 0.3 is 0 Å². The Balaban J connectivity index is 1.72. The summed E-state index contributed by atoms with van der Waals surface area (Å²) >= 11 is 0. The quantitative estimate of drug-likeness (QED) is 0.365. The molecular formula is C20H33N2+. The maximum absolute atomic E-state index is 2.48. The van der Waals surface area contributed by atoms with Gasteiger partial charge in [0.15, 0.2) is 12.4 Å². The SMILES string of the molecule is CCCCC/C=C/CCC[n+]1cccc([C@@H]2CCCN2C)c1. The minimum atomic E-state index is 0.630. The van der Waals surface area contributed by atoms with E-state index in [2.05, 4.69) is 60.1 Å². The lowest BCUT2D eigenvalue weighted by molar-refractivity contribution is -0.697. The third-order valence-corrected chi connectivity index (χ3v) is 4.71. The molecule has 0 unspecified atom stereocenters. The van der Waals surface area contributed by atoms with Crippen LogP contribution in [0.3, 0.4) is 0 Å². The standard InChI is InChI=1S/C20H33N2/c1-3-4-5-6-7-8-9-10-16-22-17-11-13-19(18-22)20-14-12-15-21(20)2/h7-8,11,13,17-18,20H,3-6,9-10,12,14-16H2,1-2H3/q+1/b8-7+/t20-/m0/s1. The largest absolute Gasteiger partial charge is 0.299 e. The van der Waals surface area contributed by atoms with Crippen LogP contribution in [0, 0.1) is 0 Å². The molecule has 0 aromatic carbocycles. The van der Waals surface area contributed by atoms with Crippen molar-refractivity contribution in [3.05, 3.63) is 42.2 Å². The average molecular weight is 301 g/mol. The third-order valence-electron chi connectivity index (χ3n) is 4.71. The van der Waals surface area contributed by atoms with Crippen LogP contribution in [0.25, 0.3) is 0 Å². The molecule has 1 saturated heterocycles. The molecule has 1 atom stereocenters. The molecule has 122 valence electrons. The fraction of sp³-hybridized carbons (Fsp3) is 0.650. The lowest BCUT2D eigenvalue weighted by Crippen LogP contribution is -2.34. The Kier molecular flexibility index (Phi) is 7.65. The van der Waals surface area contributed by atoms with Gasteiger partial charge in [0.1, 0.15) is 6.54 Å². The number of aromatic nitrogens is 1. The molecule has 1 aromatic heterocycles. The summed E-state index contributed by atoms with van der Waals surface area (Å²) in [5, 5.41) is 0. The first kappa shape index (κ1) is 17.2. The molecule has 0 N–H and O–H groups in total. The van der Waals surface area contributed by atoms with E-state index in [0.29, 0.717) is 6.04 Å². The van der Waals surface area contributed by atoms with Gasteiger partial charge in [0.05, 0.1) is 0 Å². The predicted molar refractivity (Wildman–Crippen MR) is 93.8 cm³/mol. The van der Waals surface area contributed by atoms with Crippen LogP contribution in [0.15, 0.2) is 36.7 Å². The van der Waals surface area contributed by atoms with Crippen LogP contribution in [0.4, 0.5) is 0 Å². The molecule has 0 aliphatic carbocycles. The summed E-state index contributed by atoms with van der Waals surface area (Å²) in [7, 11) is 2.25. The van der Waals surface area contributed by atoms with Crippen molar-refractivity contribution in [1.29, 1.82) is 0 Å². The molecule has 1 fully saturated rings. The molecule has 0 spiro atoms. The molecule has 1 aliphatic rings. The summed E-state index contributed by atoms with van der Waals surface area (Å²) in [6.07, 6.45) is 19.7. The molecule has 22 heavy (non-hydrogen) atoms. The van der Waals surface area contributed by atoms with Crippen molar-refractivity contribution >= 4 is 0 Å². The van der Waals surface area contributed by atoms with E-state index < -0.39 is 0 Å². The molecule has 0 radical (unpaired) electrons. The summed E-state index contributed by atoms with van der Waals surface area (Å²) < 4.78 is 2.37. The van der Waals surface area contributed by atoms with Gasteiger partial charge in [0.25, 0.3) is 0 Å². The maximum Gasteiger partial charge on any atom is 0.173 e. The van der Waals surface area contributed by atoms with Crippen molar-refractivity contribution in [2.75, 3.05) is 13.6 Å². The van der Waals surface area contributed by atoms with Crippen molar-refractivity contribution in [3.63, 3.8) is 0 Å². The number of allylic oxidation sites excluding steroid dienone is 2. The van der Waals surface area contributed by atoms with E-state index in [9.17, 15) is 0 Å². The summed E-state index contributed by atoms with van der Waals surface area (Å²) in [6.45, 7) is 4.63. The highest BCUT2D eigenvalue weighted by Crippen LogP contribution is 2.29. The smallest absolute Gasteiger partial charge is 0.173 e. The summed E-state index contributed by atoms with van der Waals surface area (Å²) in [4.78, 5) is 2.48. The van der Waals surface area contributed by atoms with E-state index in [-0.39, 0.29) is 0 Å². The maximum atomic E-state index is 2.48. The zero-order valence-electron chi connectivity index (χ0n) is 14.5. The van der Waals surface area contributed by atoms with Crippen molar-refractivity contribution in [1.82, 2.24) is 4.90 Å². The second-order valence-corrected chi connectivity index (χ2v) is 6.62. The molecule has 0 bridgehead atoms. The Morgan fingerprint density at radius 2 is 2.05 bits per heavy atom. The second-order valence-electron chi connectivity index (χ2n) is 6.62. The van der Waals surface area contributed by atoms with Gasteiger partial charge in [-0.3, -0.25) is 4.90 Å². The molecule has 2 heterocycles. The molecule has 1 aromatic rings. The van der Waals surface area contributed by atoms with E-state index in [0.717, 1.165) is 6.54 Å². The van der Waals surface area contributed by atoms with E-state index in [1.165, 1.54) is 63.5 Å². The summed E-state index contributed by atoms with van der Waals surface area (Å²) in [5.74, 6) is 0. The number of hydrogen-bond acceptors (Lipinski definition) is 1. The van der Waals surface area contributed by atoms with E-state index in [1.54, 1.807) is 0 Å². The highest BCUT2D eigenvalue weighted by Gasteiger charge is 2.24. The molecule has 1 aliphatic heterocycles. The molecule has 0 saturated carbocycles. The number of rotatable bonds is 9. The summed E-state index contributed by atoms with van der Waals surface area (Å²) in [5.41, 5.74) is 1.48. The number of pyridine rings is 1. The van der Waals surface area contributed by atoms with Gasteiger partial charge in [-0.25, -0.2) is 4.57 Å². The Labute approximate surface area is 136 Å². The van der Waals surface area contributed by atoms with Gasteiger partial charge in [-0.05, 0) is 51.8 Å². The topological polar surface area (TPSA) is 7.12 Å². The van der Waals surface area contributed by atoms with Gasteiger partial charge in [0, 0.05) is 24.1 Å². The van der Waals surface area contributed by atoms with Crippen molar-refractivity contribution in [2.24, 2.45) is 0 Å². The van der Waals surface area contributed by atoms with Crippen LogP contribution in [-0.4, -0.2) is 18.5 Å². The Bertz CT molecular complexity index is 453. The Morgan fingerprint density at radius 1 is 1.23 bits per heavy atom. The van der Waals surface area contributed by atoms with Crippen LogP contribution in [-0.2, 0) is 6.54 Å². The van der Waals surface area contributed by atoms with Crippen molar-refractivity contribution in [2.45, 2.75) is 70.9 Å². The number of unbranched alkanes of at least 4 members (excludes halogenated alkanes) is 4.